The normalized spacial score (nSPS) is 12.0. The van der Waals surface area contributed by atoms with Gasteiger partial charge in [0.15, 0.2) is 0 Å². The Morgan fingerprint density at radius 2 is 1.94 bits per heavy atom. The minimum atomic E-state index is -3.66. The Kier molecular flexibility index (Phi) is 3.26. The molecule has 2 rings (SSSR count). The molecule has 0 spiro atoms. The predicted molar refractivity (Wildman–Crippen MR) is 67.2 cm³/mol. The fourth-order valence-corrected chi connectivity index (χ4v) is 3.02. The van der Waals surface area contributed by atoms with Crippen molar-refractivity contribution in [3.8, 4) is 5.75 Å². The molecule has 0 saturated carbocycles. The van der Waals surface area contributed by atoms with Gasteiger partial charge in [0.25, 0.3) is 10.0 Å². The number of aromatic hydroxyl groups is 1. The van der Waals surface area contributed by atoms with E-state index in [0.29, 0.717) is 5.56 Å². The Hall–Kier alpha value is -1.66. The molecule has 0 amide bonds. The second-order valence-corrected chi connectivity index (χ2v) is 6.01. The van der Waals surface area contributed by atoms with Crippen LogP contribution in [0.15, 0.2) is 50.4 Å². The van der Waals surface area contributed by atoms with E-state index in [1.165, 1.54) is 12.1 Å². The Balaban J connectivity index is 2.31. The van der Waals surface area contributed by atoms with Crippen molar-refractivity contribution in [1.29, 1.82) is 0 Å². The van der Waals surface area contributed by atoms with Gasteiger partial charge in [-0.3, -0.25) is 0 Å². The van der Waals surface area contributed by atoms with Gasteiger partial charge in [0.05, 0.1) is 6.21 Å². The molecule has 0 unspecified atom stereocenters. The highest BCUT2D eigenvalue weighted by Gasteiger charge is 2.12. The maximum atomic E-state index is 11.7. The molecule has 4 nitrogen and oxygen atoms in total. The number of para-hydroxylation sites is 1. The summed E-state index contributed by atoms with van der Waals surface area (Å²) in [4.78, 5) is 0. The summed E-state index contributed by atoms with van der Waals surface area (Å²) in [5, 5.41) is 11.1. The van der Waals surface area contributed by atoms with Gasteiger partial charge in [-0.15, -0.1) is 11.3 Å². The van der Waals surface area contributed by atoms with Crippen molar-refractivity contribution in [1.82, 2.24) is 0 Å². The fourth-order valence-electron chi connectivity index (χ4n) is 1.19. The number of hydrogen-bond acceptors (Lipinski definition) is 4. The third-order valence-corrected chi connectivity index (χ3v) is 4.63. The van der Waals surface area contributed by atoms with E-state index in [1.807, 2.05) is 0 Å². The van der Waals surface area contributed by atoms with Crippen LogP contribution >= 0.6 is 11.3 Å². The third kappa shape index (κ3) is 2.72. The van der Waals surface area contributed by atoms with Gasteiger partial charge in [-0.2, -0.15) is 12.8 Å². The molecule has 2 aromatic rings. The zero-order chi connectivity index (χ0) is 12.3. The van der Waals surface area contributed by atoms with Crippen LogP contribution in [0.5, 0.6) is 5.75 Å². The number of nitrogens with zero attached hydrogens (tertiary/aromatic N) is 1. The highest BCUT2D eigenvalue weighted by Crippen LogP contribution is 2.19. The van der Waals surface area contributed by atoms with E-state index in [4.69, 9.17) is 0 Å². The maximum Gasteiger partial charge on any atom is 0.291 e. The summed E-state index contributed by atoms with van der Waals surface area (Å²) in [5.41, 5.74) is 0.368. The van der Waals surface area contributed by atoms with Gasteiger partial charge in [0.1, 0.15) is 9.96 Å². The SMILES string of the molecule is O=S(=O)(/N=C\c1ccccc1O)c1cccs1. The summed E-state index contributed by atoms with van der Waals surface area (Å²) in [5.74, 6) is -0.00219. The summed E-state index contributed by atoms with van der Waals surface area (Å²) in [7, 11) is -3.66. The van der Waals surface area contributed by atoms with Gasteiger partial charge < -0.3 is 5.11 Å². The highest BCUT2D eigenvalue weighted by molar-refractivity contribution is 7.92. The maximum absolute atomic E-state index is 11.7. The van der Waals surface area contributed by atoms with Crippen molar-refractivity contribution in [2.45, 2.75) is 4.21 Å². The van der Waals surface area contributed by atoms with Crippen LogP contribution in [-0.2, 0) is 10.0 Å². The van der Waals surface area contributed by atoms with Crippen LogP contribution in [0.25, 0.3) is 0 Å². The molecule has 0 saturated heterocycles. The van der Waals surface area contributed by atoms with E-state index in [0.717, 1.165) is 17.6 Å². The molecule has 0 bridgehead atoms. The van der Waals surface area contributed by atoms with Crippen LogP contribution < -0.4 is 0 Å². The lowest BCUT2D eigenvalue weighted by molar-refractivity contribution is 0.474. The average Bonchev–Trinajstić information content (AvgIpc) is 2.82. The molecule has 0 aliphatic carbocycles. The number of hydrogen-bond donors (Lipinski definition) is 1. The number of rotatable bonds is 3. The van der Waals surface area contributed by atoms with Crippen molar-refractivity contribution in [3.63, 3.8) is 0 Å². The first-order valence-electron chi connectivity index (χ1n) is 4.71. The molecule has 6 heteroatoms. The lowest BCUT2D eigenvalue weighted by Gasteiger charge is -1.97. The van der Waals surface area contributed by atoms with Crippen LogP contribution in [0.3, 0.4) is 0 Å². The Morgan fingerprint density at radius 1 is 1.18 bits per heavy atom. The molecule has 1 aromatic carbocycles. The molecule has 17 heavy (non-hydrogen) atoms. The number of phenols is 1. The first kappa shape index (κ1) is 11.8. The Bertz CT molecular complexity index is 630. The quantitative estimate of drug-likeness (QED) is 0.867. The second kappa shape index (κ2) is 4.68. The van der Waals surface area contributed by atoms with Crippen LogP contribution in [0.4, 0.5) is 0 Å². The van der Waals surface area contributed by atoms with Gasteiger partial charge in [-0.05, 0) is 23.6 Å². The van der Waals surface area contributed by atoms with Crippen LogP contribution in [-0.4, -0.2) is 19.7 Å². The summed E-state index contributed by atoms with van der Waals surface area (Å²) in [6.07, 6.45) is 1.14. The molecule has 0 atom stereocenters. The number of thiophene rings is 1. The molecular formula is C11H9NO3S2. The summed E-state index contributed by atoms with van der Waals surface area (Å²) < 4.78 is 27.1. The zero-order valence-electron chi connectivity index (χ0n) is 8.65. The largest absolute Gasteiger partial charge is 0.507 e. The van der Waals surface area contributed by atoms with Crippen molar-refractivity contribution >= 4 is 27.6 Å². The molecule has 0 aliphatic rings. The van der Waals surface area contributed by atoms with E-state index in [-0.39, 0.29) is 9.96 Å². The van der Waals surface area contributed by atoms with Crippen LogP contribution in [0.2, 0.25) is 0 Å². The molecule has 1 heterocycles. The minimum absolute atomic E-state index is 0.00219. The van der Waals surface area contributed by atoms with E-state index in [1.54, 1.807) is 29.6 Å². The summed E-state index contributed by atoms with van der Waals surface area (Å²) in [6.45, 7) is 0. The van der Waals surface area contributed by atoms with Crippen LogP contribution in [0, 0.1) is 0 Å². The third-order valence-electron chi connectivity index (χ3n) is 2.02. The average molecular weight is 267 g/mol. The zero-order valence-corrected chi connectivity index (χ0v) is 10.3. The molecule has 0 aliphatic heterocycles. The minimum Gasteiger partial charge on any atom is -0.507 e. The van der Waals surface area contributed by atoms with E-state index in [2.05, 4.69) is 4.40 Å². The van der Waals surface area contributed by atoms with Gasteiger partial charge >= 0.3 is 0 Å². The highest BCUT2D eigenvalue weighted by atomic mass is 32.2. The van der Waals surface area contributed by atoms with Crippen molar-refractivity contribution < 1.29 is 13.5 Å². The topological polar surface area (TPSA) is 66.7 Å². The fraction of sp³-hybridized carbons (Fsp3) is 0. The molecule has 1 aromatic heterocycles. The van der Waals surface area contributed by atoms with Gasteiger partial charge in [0.2, 0.25) is 0 Å². The van der Waals surface area contributed by atoms with Gasteiger partial charge in [-0.1, -0.05) is 18.2 Å². The first-order chi connectivity index (χ1) is 8.09. The lowest BCUT2D eigenvalue weighted by atomic mass is 10.2. The smallest absolute Gasteiger partial charge is 0.291 e. The summed E-state index contributed by atoms with van der Waals surface area (Å²) >= 11 is 1.10. The predicted octanol–water partition coefficient (Wildman–Crippen LogP) is 2.26. The van der Waals surface area contributed by atoms with Crippen molar-refractivity contribution in [2.75, 3.05) is 0 Å². The Morgan fingerprint density at radius 3 is 2.59 bits per heavy atom. The summed E-state index contributed by atoms with van der Waals surface area (Å²) in [6, 6.07) is 9.54. The van der Waals surface area contributed by atoms with E-state index >= 15 is 0 Å². The van der Waals surface area contributed by atoms with E-state index in [9.17, 15) is 13.5 Å². The second-order valence-electron chi connectivity index (χ2n) is 3.20. The van der Waals surface area contributed by atoms with Crippen molar-refractivity contribution in [2.24, 2.45) is 4.40 Å². The standard InChI is InChI=1S/C11H9NO3S2/c13-10-5-2-1-4-9(10)8-12-17(14,15)11-6-3-7-16-11/h1-8,13H/b12-8-. The number of sulfonamides is 1. The number of benzene rings is 1. The monoisotopic (exact) mass is 267 g/mol. The lowest BCUT2D eigenvalue weighted by Crippen LogP contribution is -1.94. The number of phenolic OH excluding ortho intramolecular Hbond substituents is 1. The van der Waals surface area contributed by atoms with E-state index < -0.39 is 10.0 Å². The molecule has 0 fully saturated rings. The Labute approximate surface area is 103 Å². The van der Waals surface area contributed by atoms with Gasteiger partial charge in [0, 0.05) is 5.56 Å². The molecular weight excluding hydrogens is 258 g/mol. The van der Waals surface area contributed by atoms with Crippen LogP contribution in [0.1, 0.15) is 5.56 Å². The van der Waals surface area contributed by atoms with Gasteiger partial charge in [-0.25, -0.2) is 0 Å². The molecule has 1 N–H and O–H groups in total. The molecule has 88 valence electrons. The first-order valence-corrected chi connectivity index (χ1v) is 7.03. The van der Waals surface area contributed by atoms with Crippen molar-refractivity contribution in [3.05, 3.63) is 47.3 Å². The molecule has 0 radical (unpaired) electrons.